The predicted molar refractivity (Wildman–Crippen MR) is 73.1 cm³/mol. The molecule has 7 nitrogen and oxygen atoms in total. The summed E-state index contributed by atoms with van der Waals surface area (Å²) in [7, 11) is 2.07. The second kappa shape index (κ2) is 4.75. The minimum absolute atomic E-state index is 0.192. The first kappa shape index (κ1) is 12.9. The van der Waals surface area contributed by atoms with Crippen LogP contribution >= 0.6 is 0 Å². The number of carboxylic acid groups (broad SMARTS) is 1. The number of hydrogen-bond donors (Lipinski definition) is 1. The molecular weight excluding hydrogens is 260 g/mol. The van der Waals surface area contributed by atoms with Crippen LogP contribution in [0, 0.1) is 0 Å². The Morgan fingerprint density at radius 1 is 1.45 bits per heavy atom. The molecule has 7 heteroatoms. The van der Waals surface area contributed by atoms with E-state index in [1.54, 1.807) is 0 Å². The van der Waals surface area contributed by atoms with Crippen LogP contribution in [-0.4, -0.2) is 58.8 Å². The van der Waals surface area contributed by atoms with Crippen LogP contribution in [0.15, 0.2) is 16.9 Å². The lowest BCUT2D eigenvalue weighted by Gasteiger charge is -2.39. The number of hydrogen-bond acceptors (Lipinski definition) is 6. The highest BCUT2D eigenvalue weighted by atomic mass is 16.5. The highest BCUT2D eigenvalue weighted by Gasteiger charge is 2.27. The summed E-state index contributed by atoms with van der Waals surface area (Å²) >= 11 is 0. The molecule has 2 aromatic heterocycles. The quantitative estimate of drug-likeness (QED) is 0.878. The first-order valence-corrected chi connectivity index (χ1v) is 6.50. The zero-order chi connectivity index (χ0) is 14.3. The van der Waals surface area contributed by atoms with E-state index in [0.29, 0.717) is 22.8 Å². The van der Waals surface area contributed by atoms with Crippen molar-refractivity contribution >= 4 is 22.8 Å². The van der Waals surface area contributed by atoms with E-state index in [1.165, 1.54) is 12.4 Å². The Hall–Kier alpha value is -2.15. The van der Waals surface area contributed by atoms with Gasteiger partial charge in [-0.15, -0.1) is 0 Å². The van der Waals surface area contributed by atoms with Crippen LogP contribution in [0.3, 0.4) is 0 Å². The standard InChI is InChI=1S/C13H16N4O3/c1-8-7-17(4-3-16(8)2)11-9-6-15-20-12(9)14-5-10(11)13(18)19/h5-6,8H,3-4,7H2,1-2H3,(H,18,19). The van der Waals surface area contributed by atoms with Crippen molar-refractivity contribution in [2.24, 2.45) is 0 Å². The first-order chi connectivity index (χ1) is 9.58. The highest BCUT2D eigenvalue weighted by Crippen LogP contribution is 2.31. The zero-order valence-electron chi connectivity index (χ0n) is 11.4. The van der Waals surface area contributed by atoms with E-state index in [4.69, 9.17) is 4.52 Å². The van der Waals surface area contributed by atoms with Gasteiger partial charge >= 0.3 is 5.97 Å². The summed E-state index contributed by atoms with van der Waals surface area (Å²) in [4.78, 5) is 19.8. The Kier molecular flexibility index (Phi) is 3.06. The van der Waals surface area contributed by atoms with Crippen LogP contribution in [-0.2, 0) is 0 Å². The molecule has 3 rings (SSSR count). The largest absolute Gasteiger partial charge is 0.478 e. The third-order valence-electron chi connectivity index (χ3n) is 3.88. The molecular formula is C13H16N4O3. The summed E-state index contributed by atoms with van der Waals surface area (Å²) in [5.74, 6) is -0.984. The molecule has 1 saturated heterocycles. The minimum Gasteiger partial charge on any atom is -0.478 e. The number of carboxylic acids is 1. The lowest BCUT2D eigenvalue weighted by atomic mass is 10.1. The van der Waals surface area contributed by atoms with Gasteiger partial charge in [0.2, 0.25) is 0 Å². The fraction of sp³-hybridized carbons (Fsp3) is 0.462. The molecule has 0 bridgehead atoms. The molecule has 0 radical (unpaired) electrons. The van der Waals surface area contributed by atoms with Gasteiger partial charge in [-0.05, 0) is 14.0 Å². The average Bonchev–Trinajstić information content (AvgIpc) is 2.89. The molecule has 1 fully saturated rings. The summed E-state index contributed by atoms with van der Waals surface area (Å²) in [5.41, 5.74) is 1.22. The molecule has 1 N–H and O–H groups in total. The zero-order valence-corrected chi connectivity index (χ0v) is 11.4. The maximum Gasteiger partial charge on any atom is 0.339 e. The number of aromatic carboxylic acids is 1. The van der Waals surface area contributed by atoms with Gasteiger partial charge in [-0.25, -0.2) is 9.78 Å². The summed E-state index contributed by atoms with van der Waals surface area (Å²) < 4.78 is 5.04. The van der Waals surface area contributed by atoms with Crippen LogP contribution in [0.2, 0.25) is 0 Å². The lowest BCUT2D eigenvalue weighted by molar-refractivity contribution is 0.0697. The molecule has 1 aliphatic rings. The van der Waals surface area contributed by atoms with Gasteiger partial charge in [0.25, 0.3) is 5.71 Å². The third-order valence-corrected chi connectivity index (χ3v) is 3.88. The van der Waals surface area contributed by atoms with Crippen molar-refractivity contribution in [1.82, 2.24) is 15.0 Å². The van der Waals surface area contributed by atoms with E-state index in [1.807, 2.05) is 0 Å². The molecule has 0 aliphatic carbocycles. The number of aromatic nitrogens is 2. The highest BCUT2D eigenvalue weighted by molar-refractivity contribution is 6.03. The minimum atomic E-state index is -0.984. The monoisotopic (exact) mass is 276 g/mol. The first-order valence-electron chi connectivity index (χ1n) is 6.50. The topological polar surface area (TPSA) is 82.7 Å². The molecule has 1 unspecified atom stereocenters. The van der Waals surface area contributed by atoms with Gasteiger partial charge in [0.1, 0.15) is 5.56 Å². The number of nitrogens with zero attached hydrogens (tertiary/aromatic N) is 4. The fourth-order valence-corrected chi connectivity index (χ4v) is 2.57. The van der Waals surface area contributed by atoms with Crippen LogP contribution < -0.4 is 4.90 Å². The van der Waals surface area contributed by atoms with E-state index < -0.39 is 5.97 Å². The molecule has 3 heterocycles. The maximum absolute atomic E-state index is 11.4. The Bertz CT molecular complexity index is 654. The van der Waals surface area contributed by atoms with Crippen LogP contribution in [0.25, 0.3) is 11.1 Å². The van der Waals surface area contributed by atoms with Crippen LogP contribution in [0.1, 0.15) is 17.3 Å². The van der Waals surface area contributed by atoms with Gasteiger partial charge in [-0.3, -0.25) is 0 Å². The third kappa shape index (κ3) is 2.00. The van der Waals surface area contributed by atoms with Crippen molar-refractivity contribution in [3.8, 4) is 0 Å². The molecule has 106 valence electrons. The molecule has 2 aromatic rings. The van der Waals surface area contributed by atoms with Crippen molar-refractivity contribution in [1.29, 1.82) is 0 Å². The van der Waals surface area contributed by atoms with Gasteiger partial charge in [-0.2, -0.15) is 0 Å². The Labute approximate surface area is 115 Å². The summed E-state index contributed by atoms with van der Waals surface area (Å²) in [6, 6.07) is 0.355. The summed E-state index contributed by atoms with van der Waals surface area (Å²) in [6.45, 7) is 4.54. The maximum atomic E-state index is 11.4. The number of rotatable bonds is 2. The Morgan fingerprint density at radius 2 is 2.25 bits per heavy atom. The number of fused-ring (bicyclic) bond motifs is 1. The van der Waals surface area contributed by atoms with E-state index in [0.717, 1.165) is 19.6 Å². The number of piperazine rings is 1. The molecule has 20 heavy (non-hydrogen) atoms. The van der Waals surface area contributed by atoms with Gasteiger partial charge in [0, 0.05) is 31.9 Å². The van der Waals surface area contributed by atoms with Gasteiger partial charge in [0.15, 0.2) is 0 Å². The average molecular weight is 276 g/mol. The van der Waals surface area contributed by atoms with Crippen molar-refractivity contribution in [2.45, 2.75) is 13.0 Å². The fourth-order valence-electron chi connectivity index (χ4n) is 2.57. The van der Waals surface area contributed by atoms with Crippen LogP contribution in [0.4, 0.5) is 5.69 Å². The Morgan fingerprint density at radius 3 is 2.95 bits per heavy atom. The van der Waals surface area contributed by atoms with Crippen molar-refractivity contribution in [2.75, 3.05) is 31.6 Å². The Balaban J connectivity index is 2.11. The van der Waals surface area contributed by atoms with Crippen LogP contribution in [0.5, 0.6) is 0 Å². The van der Waals surface area contributed by atoms with Gasteiger partial charge in [0.05, 0.1) is 17.3 Å². The second-order valence-electron chi connectivity index (χ2n) is 5.15. The van der Waals surface area contributed by atoms with Crippen molar-refractivity contribution in [3.63, 3.8) is 0 Å². The number of anilines is 1. The molecule has 0 saturated carbocycles. The summed E-state index contributed by atoms with van der Waals surface area (Å²) in [6.07, 6.45) is 2.88. The number of likely N-dealkylation sites (N-methyl/N-ethyl adjacent to an activating group) is 1. The smallest absolute Gasteiger partial charge is 0.339 e. The van der Waals surface area contributed by atoms with E-state index >= 15 is 0 Å². The summed E-state index contributed by atoms with van der Waals surface area (Å²) in [5, 5.41) is 13.8. The van der Waals surface area contributed by atoms with E-state index in [-0.39, 0.29) is 5.56 Å². The molecule has 1 aliphatic heterocycles. The number of pyridine rings is 1. The van der Waals surface area contributed by atoms with E-state index in [9.17, 15) is 9.90 Å². The molecule has 1 atom stereocenters. The predicted octanol–water partition coefficient (Wildman–Crippen LogP) is 1.06. The SMILES string of the molecule is CC1CN(c2c(C(=O)O)cnc3oncc23)CCN1C. The van der Waals surface area contributed by atoms with Crippen molar-refractivity contribution < 1.29 is 14.4 Å². The molecule has 0 amide bonds. The van der Waals surface area contributed by atoms with Gasteiger partial charge in [-0.1, -0.05) is 5.16 Å². The van der Waals surface area contributed by atoms with E-state index in [2.05, 4.69) is 33.9 Å². The molecule has 0 spiro atoms. The van der Waals surface area contributed by atoms with Gasteiger partial charge < -0.3 is 19.4 Å². The van der Waals surface area contributed by atoms with Crippen molar-refractivity contribution in [3.05, 3.63) is 18.0 Å². The lowest BCUT2D eigenvalue weighted by Crippen LogP contribution is -2.50. The second-order valence-corrected chi connectivity index (χ2v) is 5.15. The number of carbonyl (C=O) groups is 1. The normalized spacial score (nSPS) is 20.5. The molecule has 0 aromatic carbocycles.